The number of methoxy groups -OCH3 is 1. The molecule has 146 valence electrons. The SMILES string of the molecule is COc1cc(C(=O)O)ccc1CCNC(=O)[C@@H]1C[C@]12CCOc1ccccc12. The van der Waals surface area contributed by atoms with Gasteiger partial charge in [-0.25, -0.2) is 4.79 Å². The Balaban J connectivity index is 1.38. The van der Waals surface area contributed by atoms with Gasteiger partial charge in [0.15, 0.2) is 0 Å². The van der Waals surface area contributed by atoms with E-state index in [1.165, 1.54) is 13.2 Å². The summed E-state index contributed by atoms with van der Waals surface area (Å²) in [6, 6.07) is 12.8. The molecule has 0 unspecified atom stereocenters. The second kappa shape index (κ2) is 7.19. The highest BCUT2D eigenvalue weighted by Gasteiger charge is 2.60. The number of benzene rings is 2. The molecule has 2 aliphatic rings. The van der Waals surface area contributed by atoms with Crippen LogP contribution in [0.15, 0.2) is 42.5 Å². The van der Waals surface area contributed by atoms with Gasteiger partial charge in [0.2, 0.25) is 5.91 Å². The molecule has 6 heteroatoms. The standard InChI is InChI=1S/C22H23NO5/c1-27-19-12-15(21(25)26)7-6-14(19)8-10-23-20(24)17-13-22(17)9-11-28-18-5-3-2-4-16(18)22/h2-7,12,17H,8-11,13H2,1H3,(H,23,24)(H,25,26)/t17-,22-/m0/s1. The number of fused-ring (bicyclic) bond motifs is 2. The lowest BCUT2D eigenvalue weighted by atomic mass is 9.87. The summed E-state index contributed by atoms with van der Waals surface area (Å²) in [5.74, 6) is 0.475. The van der Waals surface area contributed by atoms with Gasteiger partial charge in [-0.15, -0.1) is 0 Å². The molecule has 2 aromatic rings. The third-order valence-electron chi connectivity index (χ3n) is 5.85. The lowest BCUT2D eigenvalue weighted by Gasteiger charge is -2.26. The molecule has 6 nitrogen and oxygen atoms in total. The molecule has 1 saturated carbocycles. The Morgan fingerprint density at radius 1 is 1.29 bits per heavy atom. The van der Waals surface area contributed by atoms with Gasteiger partial charge < -0.3 is 19.9 Å². The van der Waals surface area contributed by atoms with Crippen molar-refractivity contribution in [3.05, 3.63) is 59.2 Å². The van der Waals surface area contributed by atoms with E-state index in [9.17, 15) is 9.59 Å². The topological polar surface area (TPSA) is 84.9 Å². The van der Waals surface area contributed by atoms with Gasteiger partial charge in [-0.3, -0.25) is 4.79 Å². The van der Waals surface area contributed by atoms with Crippen LogP contribution in [0.5, 0.6) is 11.5 Å². The van der Waals surface area contributed by atoms with Crippen molar-refractivity contribution < 1.29 is 24.2 Å². The number of aromatic carboxylic acids is 1. The van der Waals surface area contributed by atoms with E-state index in [1.54, 1.807) is 12.1 Å². The van der Waals surface area contributed by atoms with Crippen LogP contribution in [0.2, 0.25) is 0 Å². The molecular weight excluding hydrogens is 358 g/mol. The number of carboxylic acids is 1. The summed E-state index contributed by atoms with van der Waals surface area (Å²) >= 11 is 0. The molecule has 0 saturated heterocycles. The molecule has 2 aromatic carbocycles. The zero-order valence-electron chi connectivity index (χ0n) is 15.7. The van der Waals surface area contributed by atoms with Crippen LogP contribution in [0.3, 0.4) is 0 Å². The van der Waals surface area contributed by atoms with Crippen molar-refractivity contribution in [2.45, 2.75) is 24.7 Å². The number of amides is 1. The van der Waals surface area contributed by atoms with E-state index in [1.807, 2.05) is 18.2 Å². The number of rotatable bonds is 6. The van der Waals surface area contributed by atoms with Crippen LogP contribution in [-0.2, 0) is 16.6 Å². The molecule has 1 aliphatic carbocycles. The lowest BCUT2D eigenvalue weighted by Crippen LogP contribution is -2.32. The number of hydrogen-bond donors (Lipinski definition) is 2. The van der Waals surface area contributed by atoms with Gasteiger partial charge in [0.1, 0.15) is 11.5 Å². The number of ether oxygens (including phenoxy) is 2. The summed E-state index contributed by atoms with van der Waals surface area (Å²) in [6.07, 6.45) is 2.30. The average molecular weight is 381 g/mol. The third-order valence-corrected chi connectivity index (χ3v) is 5.85. The number of carbonyl (C=O) groups excluding carboxylic acids is 1. The van der Waals surface area contributed by atoms with Crippen LogP contribution in [0.1, 0.15) is 34.3 Å². The molecule has 0 bridgehead atoms. The van der Waals surface area contributed by atoms with Crippen LogP contribution in [0.4, 0.5) is 0 Å². The third kappa shape index (κ3) is 3.19. The van der Waals surface area contributed by atoms with Crippen molar-refractivity contribution in [2.24, 2.45) is 5.92 Å². The van der Waals surface area contributed by atoms with Crippen molar-refractivity contribution in [1.29, 1.82) is 0 Å². The second-order valence-corrected chi connectivity index (χ2v) is 7.38. The first-order valence-corrected chi connectivity index (χ1v) is 9.45. The van der Waals surface area contributed by atoms with E-state index < -0.39 is 5.97 Å². The smallest absolute Gasteiger partial charge is 0.335 e. The van der Waals surface area contributed by atoms with Crippen molar-refractivity contribution >= 4 is 11.9 Å². The first kappa shape index (κ1) is 18.3. The molecular formula is C22H23NO5. The average Bonchev–Trinajstić information content (AvgIpc) is 3.43. The summed E-state index contributed by atoms with van der Waals surface area (Å²) in [5, 5.41) is 12.1. The van der Waals surface area contributed by atoms with Crippen LogP contribution >= 0.6 is 0 Å². The van der Waals surface area contributed by atoms with Crippen molar-refractivity contribution in [2.75, 3.05) is 20.3 Å². The maximum atomic E-state index is 12.7. The van der Waals surface area contributed by atoms with Crippen molar-refractivity contribution in [3.63, 3.8) is 0 Å². The van der Waals surface area contributed by atoms with Crippen molar-refractivity contribution in [3.8, 4) is 11.5 Å². The Kier molecular flexibility index (Phi) is 4.71. The molecule has 4 rings (SSSR count). The maximum absolute atomic E-state index is 12.7. The van der Waals surface area contributed by atoms with Gasteiger partial charge in [-0.05, 0) is 43.0 Å². The van der Waals surface area contributed by atoms with Gasteiger partial charge in [0, 0.05) is 23.4 Å². The number of hydrogen-bond acceptors (Lipinski definition) is 4. The minimum Gasteiger partial charge on any atom is -0.496 e. The summed E-state index contributed by atoms with van der Waals surface area (Å²) in [5.41, 5.74) is 2.12. The molecule has 0 radical (unpaired) electrons. The normalized spacial score (nSPS) is 22.1. The molecule has 28 heavy (non-hydrogen) atoms. The first-order chi connectivity index (χ1) is 13.5. The molecule has 1 aliphatic heterocycles. The van der Waals surface area contributed by atoms with Gasteiger partial charge in [-0.1, -0.05) is 24.3 Å². The number of carboxylic acid groups (broad SMARTS) is 1. The Hall–Kier alpha value is -3.02. The van der Waals surface area contributed by atoms with E-state index in [0.717, 1.165) is 29.7 Å². The molecule has 1 spiro atoms. The quantitative estimate of drug-likeness (QED) is 0.804. The lowest BCUT2D eigenvalue weighted by molar-refractivity contribution is -0.122. The Bertz CT molecular complexity index is 925. The van der Waals surface area contributed by atoms with Crippen LogP contribution in [0, 0.1) is 5.92 Å². The fourth-order valence-corrected chi connectivity index (χ4v) is 4.23. The molecule has 1 fully saturated rings. The van der Waals surface area contributed by atoms with E-state index in [-0.39, 0.29) is 22.8 Å². The predicted molar refractivity (Wildman–Crippen MR) is 103 cm³/mol. The Labute approximate surface area is 163 Å². The Morgan fingerprint density at radius 3 is 2.89 bits per heavy atom. The van der Waals surface area contributed by atoms with Gasteiger partial charge in [0.25, 0.3) is 0 Å². The highest BCUT2D eigenvalue weighted by Crippen LogP contribution is 2.60. The van der Waals surface area contributed by atoms with Gasteiger partial charge in [0.05, 0.1) is 19.3 Å². The van der Waals surface area contributed by atoms with Gasteiger partial charge >= 0.3 is 5.97 Å². The number of nitrogens with one attached hydrogen (secondary N) is 1. The van der Waals surface area contributed by atoms with E-state index in [2.05, 4.69) is 11.4 Å². The second-order valence-electron chi connectivity index (χ2n) is 7.38. The fourth-order valence-electron chi connectivity index (χ4n) is 4.23. The monoisotopic (exact) mass is 381 g/mol. The number of para-hydroxylation sites is 1. The Morgan fingerprint density at radius 2 is 2.11 bits per heavy atom. The van der Waals surface area contributed by atoms with Gasteiger partial charge in [-0.2, -0.15) is 0 Å². The fraction of sp³-hybridized carbons (Fsp3) is 0.364. The first-order valence-electron chi connectivity index (χ1n) is 9.45. The molecule has 1 heterocycles. The summed E-state index contributed by atoms with van der Waals surface area (Å²) in [6.45, 7) is 1.13. The molecule has 0 aromatic heterocycles. The zero-order valence-corrected chi connectivity index (χ0v) is 15.7. The minimum atomic E-state index is -0.992. The minimum absolute atomic E-state index is 0.0196. The molecule has 1 amide bonds. The van der Waals surface area contributed by atoms with E-state index >= 15 is 0 Å². The van der Waals surface area contributed by atoms with E-state index in [4.69, 9.17) is 14.6 Å². The highest BCUT2D eigenvalue weighted by molar-refractivity contribution is 5.88. The molecule has 2 atom stereocenters. The molecule has 2 N–H and O–H groups in total. The summed E-state index contributed by atoms with van der Waals surface area (Å²) < 4.78 is 11.0. The highest BCUT2D eigenvalue weighted by atomic mass is 16.5. The maximum Gasteiger partial charge on any atom is 0.335 e. The van der Waals surface area contributed by atoms with Crippen LogP contribution in [-0.4, -0.2) is 37.2 Å². The van der Waals surface area contributed by atoms with Crippen LogP contribution in [0.25, 0.3) is 0 Å². The zero-order chi connectivity index (χ0) is 19.7. The largest absolute Gasteiger partial charge is 0.496 e. The van der Waals surface area contributed by atoms with E-state index in [0.29, 0.717) is 25.3 Å². The summed E-state index contributed by atoms with van der Waals surface area (Å²) in [7, 11) is 1.51. The predicted octanol–water partition coefficient (Wildman–Crippen LogP) is 2.79. The number of carbonyl (C=O) groups is 2. The van der Waals surface area contributed by atoms with Crippen LogP contribution < -0.4 is 14.8 Å². The summed E-state index contributed by atoms with van der Waals surface area (Å²) in [4.78, 5) is 23.8. The van der Waals surface area contributed by atoms with Crippen molar-refractivity contribution in [1.82, 2.24) is 5.32 Å².